The molecule has 0 aliphatic heterocycles. The van der Waals surface area contributed by atoms with Crippen LogP contribution in [0.1, 0.15) is 20.3 Å². The Morgan fingerprint density at radius 2 is 2.17 bits per heavy atom. The third kappa shape index (κ3) is 4.57. The van der Waals surface area contributed by atoms with Crippen LogP contribution >= 0.6 is 0 Å². The van der Waals surface area contributed by atoms with Crippen LogP contribution in [0.2, 0.25) is 0 Å². The number of aromatic nitrogens is 2. The minimum Gasteiger partial charge on any atom is -0.465 e. The van der Waals surface area contributed by atoms with E-state index in [2.05, 4.69) is 5.10 Å². The van der Waals surface area contributed by atoms with Crippen molar-refractivity contribution in [2.45, 2.75) is 26.8 Å². The van der Waals surface area contributed by atoms with Crippen molar-refractivity contribution in [3.05, 3.63) is 18.5 Å². The maximum absolute atomic E-state index is 12.0. The number of nitrogens with zero attached hydrogens (tertiary/aromatic N) is 3. The molecule has 0 aliphatic carbocycles. The molecule has 1 rings (SSSR count). The number of esters is 1. The van der Waals surface area contributed by atoms with Gasteiger partial charge < -0.3 is 9.64 Å². The van der Waals surface area contributed by atoms with Gasteiger partial charge in [0.25, 0.3) is 0 Å². The molecule has 1 aromatic rings. The normalized spacial score (nSPS) is 10.1. The molecule has 1 aromatic heterocycles. The van der Waals surface area contributed by atoms with Crippen molar-refractivity contribution in [2.75, 3.05) is 19.7 Å². The van der Waals surface area contributed by atoms with E-state index in [-0.39, 0.29) is 25.0 Å². The van der Waals surface area contributed by atoms with Crippen LogP contribution in [0.3, 0.4) is 0 Å². The van der Waals surface area contributed by atoms with Gasteiger partial charge in [0, 0.05) is 18.9 Å². The summed E-state index contributed by atoms with van der Waals surface area (Å²) < 4.78 is 6.39. The van der Waals surface area contributed by atoms with Gasteiger partial charge in [0.15, 0.2) is 0 Å². The Bertz CT molecular complexity index is 376. The minimum atomic E-state index is -0.375. The van der Waals surface area contributed by atoms with Crippen LogP contribution in [0.25, 0.3) is 0 Å². The fourth-order valence-corrected chi connectivity index (χ4v) is 1.56. The van der Waals surface area contributed by atoms with Gasteiger partial charge in [0.1, 0.15) is 13.1 Å². The monoisotopic (exact) mass is 253 g/mol. The van der Waals surface area contributed by atoms with Gasteiger partial charge in [-0.05, 0) is 19.4 Å². The largest absolute Gasteiger partial charge is 0.465 e. The molecular formula is C12H19N3O3. The molecule has 0 spiro atoms. The van der Waals surface area contributed by atoms with Gasteiger partial charge in [-0.1, -0.05) is 6.92 Å². The van der Waals surface area contributed by atoms with Gasteiger partial charge in [-0.15, -0.1) is 0 Å². The zero-order valence-corrected chi connectivity index (χ0v) is 10.8. The summed E-state index contributed by atoms with van der Waals surface area (Å²) in [5.74, 6) is -0.506. The van der Waals surface area contributed by atoms with Crippen molar-refractivity contribution >= 4 is 11.9 Å². The molecule has 0 unspecified atom stereocenters. The first-order valence-electron chi connectivity index (χ1n) is 6.08. The fraction of sp³-hybridized carbons (Fsp3) is 0.583. The number of ether oxygens (including phenoxy) is 1. The second kappa shape index (κ2) is 7.47. The third-order valence-corrected chi connectivity index (χ3v) is 2.33. The molecule has 0 saturated carbocycles. The lowest BCUT2D eigenvalue weighted by Gasteiger charge is -2.20. The molecule has 100 valence electrons. The molecule has 6 heteroatoms. The van der Waals surface area contributed by atoms with Crippen LogP contribution in [0.15, 0.2) is 18.5 Å². The van der Waals surface area contributed by atoms with E-state index in [1.54, 1.807) is 25.4 Å². The number of rotatable bonds is 7. The number of hydrogen-bond acceptors (Lipinski definition) is 4. The summed E-state index contributed by atoms with van der Waals surface area (Å²) in [6, 6.07) is 1.75. The highest BCUT2D eigenvalue weighted by atomic mass is 16.5. The van der Waals surface area contributed by atoms with E-state index in [1.165, 1.54) is 9.58 Å². The van der Waals surface area contributed by atoms with Crippen molar-refractivity contribution in [1.29, 1.82) is 0 Å². The summed E-state index contributed by atoms with van der Waals surface area (Å²) in [7, 11) is 0. The molecule has 0 saturated heterocycles. The van der Waals surface area contributed by atoms with Crippen LogP contribution < -0.4 is 0 Å². The van der Waals surface area contributed by atoms with Gasteiger partial charge in [-0.2, -0.15) is 5.10 Å². The van der Waals surface area contributed by atoms with E-state index in [1.807, 2.05) is 6.92 Å². The van der Waals surface area contributed by atoms with Crippen molar-refractivity contribution < 1.29 is 14.3 Å². The first-order valence-corrected chi connectivity index (χ1v) is 6.08. The van der Waals surface area contributed by atoms with Crippen molar-refractivity contribution in [1.82, 2.24) is 14.7 Å². The maximum Gasteiger partial charge on any atom is 0.325 e. The van der Waals surface area contributed by atoms with Gasteiger partial charge in [0.2, 0.25) is 5.91 Å². The molecule has 0 bridgehead atoms. The Kier molecular flexibility index (Phi) is 5.90. The summed E-state index contributed by atoms with van der Waals surface area (Å²) in [6.07, 6.45) is 4.12. The summed E-state index contributed by atoms with van der Waals surface area (Å²) >= 11 is 0. The van der Waals surface area contributed by atoms with Crippen molar-refractivity contribution in [2.24, 2.45) is 0 Å². The van der Waals surface area contributed by atoms with Gasteiger partial charge in [-0.3, -0.25) is 14.3 Å². The average Bonchev–Trinajstić information content (AvgIpc) is 2.81. The zero-order chi connectivity index (χ0) is 13.4. The van der Waals surface area contributed by atoms with Crippen molar-refractivity contribution in [3.63, 3.8) is 0 Å². The summed E-state index contributed by atoms with van der Waals surface area (Å²) in [6.45, 7) is 4.71. The van der Waals surface area contributed by atoms with Crippen LogP contribution in [-0.2, 0) is 20.9 Å². The van der Waals surface area contributed by atoms with Gasteiger partial charge in [0.05, 0.1) is 6.61 Å². The summed E-state index contributed by atoms with van der Waals surface area (Å²) in [5, 5.41) is 3.97. The van der Waals surface area contributed by atoms with Gasteiger partial charge in [-0.25, -0.2) is 0 Å². The molecule has 0 radical (unpaired) electrons. The van der Waals surface area contributed by atoms with E-state index in [0.717, 1.165) is 6.42 Å². The second-order valence-corrected chi connectivity index (χ2v) is 3.82. The highest BCUT2D eigenvalue weighted by Crippen LogP contribution is 1.97. The SMILES string of the molecule is CCCN(CC(=O)OCC)C(=O)Cn1cccn1. The predicted molar refractivity (Wildman–Crippen MR) is 65.7 cm³/mol. The lowest BCUT2D eigenvalue weighted by atomic mass is 10.3. The molecule has 0 atom stereocenters. The number of carbonyl (C=O) groups is 2. The summed E-state index contributed by atoms with van der Waals surface area (Å²) in [5.41, 5.74) is 0. The van der Waals surface area contributed by atoms with Crippen LogP contribution in [0, 0.1) is 0 Å². The Labute approximate surface area is 107 Å². The molecule has 0 aromatic carbocycles. The van der Waals surface area contributed by atoms with E-state index < -0.39 is 0 Å². The highest BCUT2D eigenvalue weighted by Gasteiger charge is 2.17. The molecule has 6 nitrogen and oxygen atoms in total. The predicted octanol–water partition coefficient (Wildman–Crippen LogP) is 0.685. The average molecular weight is 253 g/mol. The van der Waals surface area contributed by atoms with Gasteiger partial charge >= 0.3 is 5.97 Å². The molecule has 1 heterocycles. The Balaban J connectivity index is 2.54. The lowest BCUT2D eigenvalue weighted by molar-refractivity contribution is -0.149. The van der Waals surface area contributed by atoms with Crippen LogP contribution in [-0.4, -0.2) is 46.3 Å². The molecule has 0 N–H and O–H groups in total. The topological polar surface area (TPSA) is 64.4 Å². The minimum absolute atomic E-state index is 0.00177. The molecule has 18 heavy (non-hydrogen) atoms. The van der Waals surface area contributed by atoms with Crippen LogP contribution in [0.4, 0.5) is 0 Å². The van der Waals surface area contributed by atoms with Crippen molar-refractivity contribution in [3.8, 4) is 0 Å². The summed E-state index contributed by atoms with van der Waals surface area (Å²) in [4.78, 5) is 24.9. The number of hydrogen-bond donors (Lipinski definition) is 0. The number of carbonyl (C=O) groups excluding carboxylic acids is 2. The first kappa shape index (κ1) is 14.2. The fourth-order valence-electron chi connectivity index (χ4n) is 1.56. The zero-order valence-electron chi connectivity index (χ0n) is 10.8. The standard InChI is InChI=1S/C12H19N3O3/c1-3-7-14(10-12(17)18-4-2)11(16)9-15-8-5-6-13-15/h5-6,8H,3-4,7,9-10H2,1-2H3. The quantitative estimate of drug-likeness (QED) is 0.670. The van der Waals surface area contributed by atoms with Crippen LogP contribution in [0.5, 0.6) is 0 Å². The molecule has 0 aliphatic rings. The Morgan fingerprint density at radius 3 is 2.72 bits per heavy atom. The number of amides is 1. The Hall–Kier alpha value is -1.85. The first-order chi connectivity index (χ1) is 8.67. The van der Waals surface area contributed by atoms with E-state index in [0.29, 0.717) is 13.2 Å². The van der Waals surface area contributed by atoms with E-state index >= 15 is 0 Å². The van der Waals surface area contributed by atoms with E-state index in [9.17, 15) is 9.59 Å². The highest BCUT2D eigenvalue weighted by molar-refractivity contribution is 5.81. The third-order valence-electron chi connectivity index (χ3n) is 2.33. The second-order valence-electron chi connectivity index (χ2n) is 3.82. The maximum atomic E-state index is 12.0. The smallest absolute Gasteiger partial charge is 0.325 e. The molecular weight excluding hydrogens is 234 g/mol. The molecule has 1 amide bonds. The molecule has 0 fully saturated rings. The lowest BCUT2D eigenvalue weighted by Crippen LogP contribution is -2.39. The van der Waals surface area contributed by atoms with E-state index in [4.69, 9.17) is 4.74 Å². The Morgan fingerprint density at radius 1 is 1.39 bits per heavy atom.